The fourth-order valence-corrected chi connectivity index (χ4v) is 5.05. The molecular weight excluding hydrogens is 423 g/mol. The highest BCUT2D eigenvalue weighted by atomic mass is 19.1. The number of H-pyrrole nitrogens is 1. The molecule has 0 saturated heterocycles. The molecule has 8 heteroatoms. The van der Waals surface area contributed by atoms with Crippen LogP contribution in [0.4, 0.5) is 10.1 Å². The van der Waals surface area contributed by atoms with E-state index in [1.165, 1.54) is 17.8 Å². The smallest absolute Gasteiger partial charge is 0.353 e. The van der Waals surface area contributed by atoms with Crippen molar-refractivity contribution in [3.8, 4) is 11.1 Å². The minimum absolute atomic E-state index is 0.0147. The molecule has 4 aromatic rings. The molecule has 3 heterocycles. The zero-order valence-electron chi connectivity index (χ0n) is 17.6. The van der Waals surface area contributed by atoms with Gasteiger partial charge in [0.25, 0.3) is 5.56 Å². The number of azo groups is 1. The van der Waals surface area contributed by atoms with Crippen molar-refractivity contribution >= 4 is 22.6 Å². The molecule has 2 aromatic carbocycles. The number of aromatic nitrogens is 2. The van der Waals surface area contributed by atoms with Crippen molar-refractivity contribution in [1.29, 1.82) is 0 Å². The Morgan fingerprint density at radius 3 is 2.76 bits per heavy atom. The Labute approximate surface area is 187 Å². The average Bonchev–Trinajstić information content (AvgIpc) is 3.50. The molecule has 0 unspecified atom stereocenters. The molecule has 0 atom stereocenters. The lowest BCUT2D eigenvalue weighted by atomic mass is 10.00. The number of aryl methyl sites for hydroxylation is 2. The molecule has 0 saturated carbocycles. The molecule has 2 aromatic heterocycles. The van der Waals surface area contributed by atoms with Gasteiger partial charge in [-0.15, -0.1) is 0 Å². The molecule has 0 spiro atoms. The van der Waals surface area contributed by atoms with E-state index in [9.17, 15) is 19.1 Å². The molecule has 1 aliphatic carbocycles. The van der Waals surface area contributed by atoms with E-state index < -0.39 is 11.8 Å². The van der Waals surface area contributed by atoms with E-state index in [0.717, 1.165) is 30.4 Å². The third kappa shape index (κ3) is 3.01. The maximum Gasteiger partial charge on any atom is 0.353 e. The minimum atomic E-state index is -1.17. The summed E-state index contributed by atoms with van der Waals surface area (Å²) in [6, 6.07) is 10.3. The highest BCUT2D eigenvalue weighted by Gasteiger charge is 2.28. The number of halogens is 1. The molecule has 7 nitrogen and oxygen atoms in total. The maximum atomic E-state index is 15.0. The summed E-state index contributed by atoms with van der Waals surface area (Å²) in [5.74, 6) is -1.63. The van der Waals surface area contributed by atoms with Crippen molar-refractivity contribution in [3.63, 3.8) is 0 Å². The van der Waals surface area contributed by atoms with Crippen molar-refractivity contribution in [2.45, 2.75) is 32.4 Å². The molecule has 2 aliphatic rings. The predicted molar refractivity (Wildman–Crippen MR) is 121 cm³/mol. The molecular formula is C25H19FN4O3. The summed E-state index contributed by atoms with van der Waals surface area (Å²) in [4.78, 5) is 27.9. The minimum Gasteiger partial charge on any atom is -0.477 e. The Balaban J connectivity index is 1.65. The number of aromatic carboxylic acids is 1. The quantitative estimate of drug-likeness (QED) is 0.467. The molecule has 0 fully saturated rings. The van der Waals surface area contributed by atoms with Gasteiger partial charge in [-0.3, -0.25) is 4.79 Å². The van der Waals surface area contributed by atoms with E-state index in [1.54, 1.807) is 22.8 Å². The first-order valence-electron chi connectivity index (χ1n) is 10.8. The normalized spacial score (nSPS) is 14.1. The molecule has 6 rings (SSSR count). The maximum absolute atomic E-state index is 15.0. The molecule has 0 amide bonds. The fraction of sp³-hybridized carbons (Fsp3) is 0.200. The zero-order valence-corrected chi connectivity index (χ0v) is 17.6. The van der Waals surface area contributed by atoms with Gasteiger partial charge in [-0.05, 0) is 60.7 Å². The number of fused-ring (bicyclic) bond motifs is 3. The van der Waals surface area contributed by atoms with Crippen LogP contribution in [0.3, 0.4) is 0 Å². The molecule has 0 radical (unpaired) electrons. The Kier molecular flexibility index (Phi) is 4.29. The van der Waals surface area contributed by atoms with Crippen LogP contribution < -0.4 is 5.56 Å². The van der Waals surface area contributed by atoms with Crippen LogP contribution in [0.25, 0.3) is 22.0 Å². The van der Waals surface area contributed by atoms with E-state index in [0.29, 0.717) is 34.3 Å². The van der Waals surface area contributed by atoms with Crippen LogP contribution in [-0.4, -0.2) is 20.6 Å². The Morgan fingerprint density at radius 1 is 1.15 bits per heavy atom. The summed E-state index contributed by atoms with van der Waals surface area (Å²) in [5.41, 5.74) is 4.92. The van der Waals surface area contributed by atoms with Gasteiger partial charge in [-0.1, -0.05) is 0 Å². The number of nitrogens with zero attached hydrogens (tertiary/aromatic N) is 3. The van der Waals surface area contributed by atoms with Gasteiger partial charge in [-0.2, -0.15) is 10.2 Å². The summed E-state index contributed by atoms with van der Waals surface area (Å²) in [5, 5.41) is 18.8. The van der Waals surface area contributed by atoms with Crippen LogP contribution >= 0.6 is 0 Å². The average molecular weight is 442 g/mol. The van der Waals surface area contributed by atoms with Crippen molar-refractivity contribution in [2.24, 2.45) is 10.2 Å². The number of pyridine rings is 1. The summed E-state index contributed by atoms with van der Waals surface area (Å²) in [6.07, 6.45) is 4.37. The van der Waals surface area contributed by atoms with Crippen molar-refractivity contribution < 1.29 is 14.3 Å². The summed E-state index contributed by atoms with van der Waals surface area (Å²) in [7, 11) is 0. The van der Waals surface area contributed by atoms with Crippen LogP contribution in [0.5, 0.6) is 0 Å². The second kappa shape index (κ2) is 7.23. The summed E-state index contributed by atoms with van der Waals surface area (Å²) >= 11 is 0. The van der Waals surface area contributed by atoms with Gasteiger partial charge in [0.1, 0.15) is 11.5 Å². The molecule has 33 heavy (non-hydrogen) atoms. The molecule has 0 bridgehead atoms. The number of rotatable bonds is 4. The summed E-state index contributed by atoms with van der Waals surface area (Å²) in [6.45, 7) is 0.389. The molecule has 2 N–H and O–H groups in total. The highest BCUT2D eigenvalue weighted by Crippen LogP contribution is 2.38. The lowest BCUT2D eigenvalue weighted by Gasteiger charge is -2.12. The number of aromatic amines is 1. The number of nitrogens with one attached hydrogen (secondary N) is 1. The van der Waals surface area contributed by atoms with Crippen molar-refractivity contribution in [1.82, 2.24) is 9.55 Å². The van der Waals surface area contributed by atoms with Gasteiger partial charge in [-0.25, -0.2) is 9.18 Å². The van der Waals surface area contributed by atoms with Crippen LogP contribution in [0.2, 0.25) is 0 Å². The topological polar surface area (TPSA) is 99.8 Å². The van der Waals surface area contributed by atoms with E-state index >= 15 is 0 Å². The third-order valence-electron chi connectivity index (χ3n) is 6.56. The number of carbonyl (C=O) groups is 1. The fourth-order valence-electron chi connectivity index (χ4n) is 5.05. The first-order chi connectivity index (χ1) is 16.0. The number of hydrogen-bond acceptors (Lipinski definition) is 4. The third-order valence-corrected chi connectivity index (χ3v) is 6.56. The van der Waals surface area contributed by atoms with Gasteiger partial charge in [0, 0.05) is 45.4 Å². The highest BCUT2D eigenvalue weighted by molar-refractivity contribution is 6.08. The lowest BCUT2D eigenvalue weighted by molar-refractivity contribution is 0.0687. The number of hydrogen-bond donors (Lipinski definition) is 2. The Hall–Kier alpha value is -4.07. The SMILES string of the molecule is O=C(O)c1c(-c2ccc[nH]c2=O)c2cc3c(cc2n1Cc1cc2c(cc1F)N=NC2)CCC3. The standard InChI is InChI=1S/C25H19FN4O3/c26-19-10-20-15(11-28-29-20)7-16(19)12-30-21-9-14-4-1-3-13(14)8-18(21)22(23(30)25(32)33)17-5-2-6-27-24(17)31/h2,5-10H,1,3-4,11-12H2,(H,27,31)(H,32,33). The predicted octanol–water partition coefficient (Wildman–Crippen LogP) is 4.97. The van der Waals surface area contributed by atoms with Crippen LogP contribution in [0.15, 0.2) is 57.6 Å². The van der Waals surface area contributed by atoms with E-state index in [-0.39, 0.29) is 23.4 Å². The Bertz CT molecular complexity index is 1560. The second-order valence-electron chi connectivity index (χ2n) is 8.49. The monoisotopic (exact) mass is 442 g/mol. The lowest BCUT2D eigenvalue weighted by Crippen LogP contribution is -2.14. The second-order valence-corrected chi connectivity index (χ2v) is 8.49. The first-order valence-corrected chi connectivity index (χ1v) is 10.8. The molecule has 164 valence electrons. The summed E-state index contributed by atoms with van der Waals surface area (Å²) < 4.78 is 16.6. The van der Waals surface area contributed by atoms with Crippen LogP contribution in [-0.2, 0) is 25.9 Å². The van der Waals surface area contributed by atoms with Crippen LogP contribution in [0, 0.1) is 5.82 Å². The van der Waals surface area contributed by atoms with Gasteiger partial charge in [0.15, 0.2) is 0 Å². The van der Waals surface area contributed by atoms with Gasteiger partial charge in [0.05, 0.1) is 18.8 Å². The largest absolute Gasteiger partial charge is 0.477 e. The van der Waals surface area contributed by atoms with Gasteiger partial charge < -0.3 is 14.7 Å². The first kappa shape index (κ1) is 19.6. The number of carboxylic acid groups (broad SMARTS) is 1. The van der Waals surface area contributed by atoms with Crippen molar-refractivity contribution in [2.75, 3.05) is 0 Å². The number of benzene rings is 2. The zero-order chi connectivity index (χ0) is 22.7. The number of carboxylic acids is 1. The van der Waals surface area contributed by atoms with Gasteiger partial charge >= 0.3 is 5.97 Å². The van der Waals surface area contributed by atoms with E-state index in [1.807, 2.05) is 12.1 Å². The van der Waals surface area contributed by atoms with Crippen molar-refractivity contribution in [3.05, 3.63) is 86.7 Å². The van der Waals surface area contributed by atoms with Gasteiger partial charge in [0.2, 0.25) is 0 Å². The van der Waals surface area contributed by atoms with E-state index in [4.69, 9.17) is 0 Å². The van der Waals surface area contributed by atoms with E-state index in [2.05, 4.69) is 15.2 Å². The van der Waals surface area contributed by atoms with Crippen LogP contribution in [0.1, 0.15) is 39.2 Å². The molecule has 1 aliphatic heterocycles. The Morgan fingerprint density at radius 2 is 1.97 bits per heavy atom.